The van der Waals surface area contributed by atoms with Crippen LogP contribution in [0.1, 0.15) is 11.7 Å². The molecule has 2 nitrogen and oxygen atoms in total. The van der Waals surface area contributed by atoms with Gasteiger partial charge in [0.2, 0.25) is 3.79 Å². The number of thiocarbonyl (C=S) groups is 1. The van der Waals surface area contributed by atoms with Crippen LogP contribution < -0.4 is 0 Å². The molecule has 0 aromatic heterocycles. The van der Waals surface area contributed by atoms with Gasteiger partial charge < -0.3 is 9.64 Å². The van der Waals surface area contributed by atoms with E-state index >= 15 is 0 Å². The van der Waals surface area contributed by atoms with Crippen molar-refractivity contribution in [2.45, 2.75) is 16.1 Å². The van der Waals surface area contributed by atoms with Gasteiger partial charge in [0, 0.05) is 0 Å². The smallest absolute Gasteiger partial charge is 0.234 e. The number of benzene rings is 1. The Kier molecular flexibility index (Phi) is 4.68. The lowest BCUT2D eigenvalue weighted by atomic mass is 10.1. The second-order valence-corrected chi connectivity index (χ2v) is 7.35. The molecule has 2 rings (SSSR count). The van der Waals surface area contributed by atoms with Crippen molar-refractivity contribution in [1.82, 2.24) is 4.90 Å². The minimum Gasteiger partial charge on any atom is -0.344 e. The molecule has 1 saturated heterocycles. The first-order valence-electron chi connectivity index (χ1n) is 5.16. The predicted octanol–water partition coefficient (Wildman–Crippen LogP) is 3.97. The number of nitrogens with zero attached hydrogens (tertiary/aromatic N) is 1. The third kappa shape index (κ3) is 3.24. The topological polar surface area (TPSA) is 12.5 Å². The van der Waals surface area contributed by atoms with Gasteiger partial charge in [0.15, 0.2) is 6.23 Å². The highest BCUT2D eigenvalue weighted by Crippen LogP contribution is 2.42. The summed E-state index contributed by atoms with van der Waals surface area (Å²) >= 11 is 26.9. The van der Waals surface area contributed by atoms with Crippen LogP contribution in [0.4, 0.5) is 0 Å². The lowest BCUT2D eigenvalue weighted by Gasteiger charge is -2.28. The van der Waals surface area contributed by atoms with E-state index in [-0.39, 0.29) is 6.10 Å². The van der Waals surface area contributed by atoms with E-state index in [1.165, 1.54) is 0 Å². The van der Waals surface area contributed by atoms with Gasteiger partial charge in [-0.25, -0.2) is 0 Å². The van der Waals surface area contributed by atoms with Crippen LogP contribution in [-0.4, -0.2) is 25.8 Å². The fourth-order valence-electron chi connectivity index (χ4n) is 1.83. The average Bonchev–Trinajstić information content (AvgIpc) is 2.74. The minimum absolute atomic E-state index is 0.183. The van der Waals surface area contributed by atoms with E-state index in [2.05, 4.69) is 12.6 Å². The molecule has 0 aliphatic carbocycles. The van der Waals surface area contributed by atoms with Crippen LogP contribution >= 0.6 is 59.6 Å². The molecule has 7 heteroatoms. The van der Waals surface area contributed by atoms with Crippen LogP contribution in [0.3, 0.4) is 0 Å². The third-order valence-corrected chi connectivity index (χ3v) is 3.69. The second kappa shape index (κ2) is 5.73. The monoisotopic (exact) mass is 341 g/mol. The zero-order chi connectivity index (χ0) is 13.3. The van der Waals surface area contributed by atoms with Crippen LogP contribution in [-0.2, 0) is 4.74 Å². The van der Waals surface area contributed by atoms with Crippen LogP contribution in [0, 0.1) is 0 Å². The highest BCUT2D eigenvalue weighted by Gasteiger charge is 2.46. The fourth-order valence-corrected chi connectivity index (χ4v) is 2.69. The molecule has 1 aromatic rings. The molecule has 2 atom stereocenters. The summed E-state index contributed by atoms with van der Waals surface area (Å²) in [6, 6.07) is 9.73. The molecule has 0 saturated carbocycles. The lowest BCUT2D eigenvalue weighted by molar-refractivity contribution is 0.0224. The van der Waals surface area contributed by atoms with Crippen LogP contribution in [0.15, 0.2) is 30.3 Å². The molecule has 0 spiro atoms. The highest BCUT2D eigenvalue weighted by molar-refractivity contribution is 8.10. The Bertz CT molecular complexity index is 438. The molecule has 18 heavy (non-hydrogen) atoms. The third-order valence-electron chi connectivity index (χ3n) is 2.64. The Morgan fingerprint density at radius 3 is 2.39 bits per heavy atom. The van der Waals surface area contributed by atoms with Crippen molar-refractivity contribution < 1.29 is 4.74 Å². The number of halogens is 3. The zero-order valence-electron chi connectivity index (χ0n) is 9.09. The Morgan fingerprint density at radius 1 is 1.33 bits per heavy atom. The number of hydrogen-bond acceptors (Lipinski definition) is 2. The van der Waals surface area contributed by atoms with Crippen molar-refractivity contribution in [2.24, 2.45) is 0 Å². The summed E-state index contributed by atoms with van der Waals surface area (Å²) in [5.74, 6) is 0. The summed E-state index contributed by atoms with van der Waals surface area (Å²) in [6.45, 7) is 0.519. The lowest BCUT2D eigenvalue weighted by Crippen LogP contribution is -2.41. The molecule has 0 bridgehead atoms. The molecule has 1 heterocycles. The van der Waals surface area contributed by atoms with Crippen LogP contribution in [0.2, 0.25) is 0 Å². The molecular weight excluding hydrogens is 333 g/mol. The molecule has 0 amide bonds. The van der Waals surface area contributed by atoms with Gasteiger partial charge in [-0.15, -0.1) is 12.6 Å². The van der Waals surface area contributed by atoms with Gasteiger partial charge in [-0.1, -0.05) is 77.4 Å². The zero-order valence-corrected chi connectivity index (χ0v) is 13.1. The molecule has 0 radical (unpaired) electrons. The molecule has 1 aliphatic heterocycles. The summed E-state index contributed by atoms with van der Waals surface area (Å²) < 4.78 is 4.56. The maximum absolute atomic E-state index is 5.90. The van der Waals surface area contributed by atoms with E-state index < -0.39 is 10.0 Å². The maximum atomic E-state index is 5.90. The van der Waals surface area contributed by atoms with E-state index in [4.69, 9.17) is 51.8 Å². The van der Waals surface area contributed by atoms with Gasteiger partial charge in [-0.05, 0) is 5.56 Å². The van der Waals surface area contributed by atoms with Crippen molar-refractivity contribution in [3.05, 3.63) is 35.9 Å². The summed E-state index contributed by atoms with van der Waals surface area (Å²) in [5, 5.41) is 0. The summed E-state index contributed by atoms with van der Waals surface area (Å²) in [5.41, 5.74) is 1.02. The van der Waals surface area contributed by atoms with Gasteiger partial charge in [0.1, 0.15) is 10.4 Å². The second-order valence-electron chi connectivity index (χ2n) is 3.86. The Balaban J connectivity index is 2.22. The normalized spacial score (nSPS) is 24.3. The van der Waals surface area contributed by atoms with Crippen molar-refractivity contribution in [2.75, 3.05) is 6.54 Å². The number of hydrogen-bond donors (Lipinski definition) is 1. The average molecular weight is 343 g/mol. The highest BCUT2D eigenvalue weighted by atomic mass is 35.6. The summed E-state index contributed by atoms with van der Waals surface area (Å²) in [6.07, 6.45) is -0.908. The SMILES string of the molecule is S=C(S)N1CC(c2ccccc2)OC1C(Cl)(Cl)Cl. The molecule has 1 aromatic carbocycles. The summed E-state index contributed by atoms with van der Waals surface area (Å²) in [7, 11) is 0. The van der Waals surface area contributed by atoms with Crippen molar-refractivity contribution in [3.63, 3.8) is 0 Å². The van der Waals surface area contributed by atoms with Crippen LogP contribution in [0.5, 0.6) is 0 Å². The number of ether oxygens (including phenoxy) is 1. The van der Waals surface area contributed by atoms with E-state index in [9.17, 15) is 0 Å². The standard InChI is InChI=1S/C11H10Cl3NOS2/c12-11(13,14)9-15(10(17)18)6-8(16-9)7-4-2-1-3-5-7/h1-5,8-9H,6H2,(H,17,18). The molecule has 1 fully saturated rings. The van der Waals surface area contributed by atoms with E-state index in [0.717, 1.165) is 5.56 Å². The largest absolute Gasteiger partial charge is 0.344 e. The van der Waals surface area contributed by atoms with E-state index in [1.54, 1.807) is 4.90 Å². The first-order valence-corrected chi connectivity index (χ1v) is 7.15. The van der Waals surface area contributed by atoms with Crippen LogP contribution in [0.25, 0.3) is 0 Å². The fraction of sp³-hybridized carbons (Fsp3) is 0.364. The van der Waals surface area contributed by atoms with Crippen molar-refractivity contribution >= 4 is 64.0 Å². The maximum Gasteiger partial charge on any atom is 0.234 e. The first kappa shape index (κ1) is 14.7. The Hall–Kier alpha value is 0.290. The summed E-state index contributed by atoms with van der Waals surface area (Å²) in [4.78, 5) is 1.67. The Labute approximate surface area is 132 Å². The molecule has 98 valence electrons. The van der Waals surface area contributed by atoms with Gasteiger partial charge in [0.25, 0.3) is 0 Å². The number of alkyl halides is 3. The quantitative estimate of drug-likeness (QED) is 0.471. The molecule has 1 aliphatic rings. The van der Waals surface area contributed by atoms with E-state index in [0.29, 0.717) is 10.9 Å². The van der Waals surface area contributed by atoms with Gasteiger partial charge >= 0.3 is 0 Å². The van der Waals surface area contributed by atoms with E-state index in [1.807, 2.05) is 30.3 Å². The molecule has 0 N–H and O–H groups in total. The Morgan fingerprint density at radius 2 is 1.94 bits per heavy atom. The van der Waals surface area contributed by atoms with Gasteiger partial charge in [-0.3, -0.25) is 0 Å². The van der Waals surface area contributed by atoms with Gasteiger partial charge in [0.05, 0.1) is 6.54 Å². The minimum atomic E-state index is -1.57. The molecular formula is C11H10Cl3NOS2. The number of rotatable bonds is 1. The molecule has 2 unspecified atom stereocenters. The van der Waals surface area contributed by atoms with Gasteiger partial charge in [-0.2, -0.15) is 0 Å². The van der Waals surface area contributed by atoms with Crippen molar-refractivity contribution in [3.8, 4) is 0 Å². The van der Waals surface area contributed by atoms with Crippen molar-refractivity contribution in [1.29, 1.82) is 0 Å². The number of thiol groups is 1. The predicted molar refractivity (Wildman–Crippen MR) is 82.6 cm³/mol. The first-order chi connectivity index (χ1) is 8.39.